The summed E-state index contributed by atoms with van der Waals surface area (Å²) in [5.74, 6) is 0.557. The number of nitrogens with zero attached hydrogens (tertiary/aromatic N) is 2. The van der Waals surface area contributed by atoms with Crippen LogP contribution < -0.4 is 5.32 Å². The fraction of sp³-hybridized carbons (Fsp3) is 0.455. The van der Waals surface area contributed by atoms with Gasteiger partial charge in [-0.2, -0.15) is 5.26 Å². The molecule has 1 aromatic heterocycles. The third kappa shape index (κ3) is 2.92. The first kappa shape index (κ1) is 12.4. The van der Waals surface area contributed by atoms with E-state index in [1.807, 2.05) is 6.92 Å². The summed E-state index contributed by atoms with van der Waals surface area (Å²) in [6.45, 7) is 2.31. The molecule has 0 radical (unpaired) electrons. The topological polar surface area (TPSA) is 67.2 Å². The van der Waals surface area contributed by atoms with E-state index in [1.165, 1.54) is 0 Å². The fourth-order valence-electron chi connectivity index (χ4n) is 1.28. The van der Waals surface area contributed by atoms with Gasteiger partial charge in [-0.1, -0.05) is 0 Å². The molecule has 5 heteroatoms. The van der Waals surface area contributed by atoms with Crippen LogP contribution in [-0.2, 0) is 9.47 Å². The van der Waals surface area contributed by atoms with Gasteiger partial charge in [0.05, 0.1) is 12.1 Å². The highest BCUT2D eigenvalue weighted by Gasteiger charge is 2.09. The molecule has 0 aliphatic rings. The van der Waals surface area contributed by atoms with Crippen molar-refractivity contribution in [3.8, 4) is 6.07 Å². The van der Waals surface area contributed by atoms with Crippen LogP contribution in [0.5, 0.6) is 0 Å². The molecule has 0 saturated carbocycles. The van der Waals surface area contributed by atoms with Gasteiger partial charge in [0.15, 0.2) is 6.29 Å². The summed E-state index contributed by atoms with van der Waals surface area (Å²) in [6.07, 6.45) is 1.31. The molecule has 0 saturated heterocycles. The molecule has 0 bridgehead atoms. The maximum absolute atomic E-state index is 8.99. The van der Waals surface area contributed by atoms with Gasteiger partial charge < -0.3 is 14.8 Å². The van der Waals surface area contributed by atoms with E-state index < -0.39 is 0 Å². The molecule has 0 aliphatic carbocycles. The molecule has 0 amide bonds. The molecule has 0 aliphatic heterocycles. The number of methoxy groups -OCH3 is 2. The second kappa shape index (κ2) is 6.05. The number of hydrogen-bond acceptors (Lipinski definition) is 5. The quantitative estimate of drug-likeness (QED) is 0.759. The fourth-order valence-corrected chi connectivity index (χ4v) is 1.28. The number of rotatable bonds is 5. The monoisotopic (exact) mass is 221 g/mol. The summed E-state index contributed by atoms with van der Waals surface area (Å²) in [6, 6.07) is 3.92. The average Bonchev–Trinajstić information content (AvgIpc) is 2.30. The SMILES string of the molecule is COC(CNc1nccc(C)c1C#N)OC. The van der Waals surface area contributed by atoms with Crippen LogP contribution in [-0.4, -0.2) is 32.0 Å². The van der Waals surface area contributed by atoms with Crippen molar-refractivity contribution in [2.24, 2.45) is 0 Å². The van der Waals surface area contributed by atoms with Crippen LogP contribution >= 0.6 is 0 Å². The Morgan fingerprint density at radius 2 is 2.19 bits per heavy atom. The van der Waals surface area contributed by atoms with E-state index in [0.29, 0.717) is 17.9 Å². The molecule has 1 N–H and O–H groups in total. The maximum Gasteiger partial charge on any atom is 0.173 e. The Hall–Kier alpha value is -1.64. The molecule has 0 fully saturated rings. The van der Waals surface area contributed by atoms with Crippen LogP contribution in [0.4, 0.5) is 5.82 Å². The second-order valence-corrected chi connectivity index (χ2v) is 3.25. The second-order valence-electron chi connectivity index (χ2n) is 3.25. The molecule has 1 heterocycles. The van der Waals surface area contributed by atoms with Gasteiger partial charge in [0.1, 0.15) is 11.9 Å². The number of ether oxygens (including phenoxy) is 2. The van der Waals surface area contributed by atoms with Gasteiger partial charge in [-0.3, -0.25) is 0 Å². The van der Waals surface area contributed by atoms with Crippen LogP contribution in [0.25, 0.3) is 0 Å². The molecule has 86 valence electrons. The van der Waals surface area contributed by atoms with E-state index >= 15 is 0 Å². The van der Waals surface area contributed by atoms with Crippen molar-refractivity contribution in [2.75, 3.05) is 26.1 Å². The van der Waals surface area contributed by atoms with Gasteiger partial charge in [-0.15, -0.1) is 0 Å². The molecule has 0 spiro atoms. The summed E-state index contributed by atoms with van der Waals surface area (Å²) in [4.78, 5) is 4.11. The maximum atomic E-state index is 8.99. The first-order valence-electron chi connectivity index (χ1n) is 4.88. The molecule has 1 rings (SSSR count). The molecule has 5 nitrogen and oxygen atoms in total. The number of nitriles is 1. The van der Waals surface area contributed by atoms with Gasteiger partial charge in [0.2, 0.25) is 0 Å². The van der Waals surface area contributed by atoms with Crippen molar-refractivity contribution in [1.29, 1.82) is 5.26 Å². The minimum absolute atomic E-state index is 0.353. The Morgan fingerprint density at radius 3 is 2.75 bits per heavy atom. The van der Waals surface area contributed by atoms with Crippen molar-refractivity contribution in [2.45, 2.75) is 13.2 Å². The number of hydrogen-bond donors (Lipinski definition) is 1. The number of nitrogens with one attached hydrogen (secondary N) is 1. The van der Waals surface area contributed by atoms with Crippen molar-refractivity contribution in [3.63, 3.8) is 0 Å². The zero-order valence-corrected chi connectivity index (χ0v) is 9.65. The van der Waals surface area contributed by atoms with Gasteiger partial charge in [-0.05, 0) is 18.6 Å². The van der Waals surface area contributed by atoms with E-state index in [9.17, 15) is 0 Å². The largest absolute Gasteiger partial charge is 0.364 e. The smallest absolute Gasteiger partial charge is 0.173 e. The molecule has 0 atom stereocenters. The summed E-state index contributed by atoms with van der Waals surface area (Å²) in [7, 11) is 3.12. The third-order valence-corrected chi connectivity index (χ3v) is 2.23. The predicted octanol–water partition coefficient (Wildman–Crippen LogP) is 1.29. The number of aryl methyl sites for hydroxylation is 1. The lowest BCUT2D eigenvalue weighted by Crippen LogP contribution is -2.24. The van der Waals surface area contributed by atoms with Gasteiger partial charge in [0, 0.05) is 20.4 Å². The summed E-state index contributed by atoms with van der Waals surface area (Å²) in [5, 5.41) is 12.0. The van der Waals surface area contributed by atoms with Crippen LogP contribution in [0.3, 0.4) is 0 Å². The van der Waals surface area contributed by atoms with Crippen LogP contribution in [0.15, 0.2) is 12.3 Å². The first-order chi connectivity index (χ1) is 7.72. The molecule has 0 aromatic carbocycles. The standard InChI is InChI=1S/C11H15N3O2/c1-8-4-5-13-11(9(8)6-12)14-7-10(15-2)16-3/h4-5,10H,7H2,1-3H3,(H,13,14). The molecular weight excluding hydrogens is 206 g/mol. The lowest BCUT2D eigenvalue weighted by molar-refractivity contribution is -0.0914. The minimum atomic E-state index is -0.353. The molecule has 0 unspecified atom stereocenters. The van der Waals surface area contributed by atoms with Crippen LogP contribution in [0, 0.1) is 18.3 Å². The van der Waals surface area contributed by atoms with E-state index in [2.05, 4.69) is 16.4 Å². The summed E-state index contributed by atoms with van der Waals surface area (Å²) in [5.41, 5.74) is 1.44. The van der Waals surface area contributed by atoms with Crippen molar-refractivity contribution in [3.05, 3.63) is 23.4 Å². The van der Waals surface area contributed by atoms with Crippen LogP contribution in [0.1, 0.15) is 11.1 Å². The highest BCUT2D eigenvalue weighted by molar-refractivity contribution is 5.55. The van der Waals surface area contributed by atoms with Gasteiger partial charge in [0.25, 0.3) is 0 Å². The lowest BCUT2D eigenvalue weighted by Gasteiger charge is -2.15. The van der Waals surface area contributed by atoms with E-state index in [-0.39, 0.29) is 6.29 Å². The normalized spacial score (nSPS) is 10.2. The zero-order valence-electron chi connectivity index (χ0n) is 9.65. The highest BCUT2D eigenvalue weighted by Crippen LogP contribution is 2.14. The molecular formula is C11H15N3O2. The number of aromatic nitrogens is 1. The van der Waals surface area contributed by atoms with Crippen LogP contribution in [0.2, 0.25) is 0 Å². The Labute approximate surface area is 95.0 Å². The average molecular weight is 221 g/mol. The Balaban J connectivity index is 2.74. The minimum Gasteiger partial charge on any atom is -0.364 e. The lowest BCUT2D eigenvalue weighted by atomic mass is 10.1. The Kier molecular flexibility index (Phi) is 4.70. The van der Waals surface area contributed by atoms with Gasteiger partial charge in [-0.25, -0.2) is 4.98 Å². The Morgan fingerprint density at radius 1 is 1.50 bits per heavy atom. The summed E-state index contributed by atoms with van der Waals surface area (Å²) >= 11 is 0. The van der Waals surface area contributed by atoms with E-state index in [1.54, 1.807) is 26.5 Å². The predicted molar refractivity (Wildman–Crippen MR) is 60.0 cm³/mol. The van der Waals surface area contributed by atoms with Crippen molar-refractivity contribution in [1.82, 2.24) is 4.98 Å². The highest BCUT2D eigenvalue weighted by atomic mass is 16.7. The number of anilines is 1. The first-order valence-corrected chi connectivity index (χ1v) is 4.88. The van der Waals surface area contributed by atoms with E-state index in [4.69, 9.17) is 14.7 Å². The van der Waals surface area contributed by atoms with E-state index in [0.717, 1.165) is 5.56 Å². The summed E-state index contributed by atoms with van der Waals surface area (Å²) < 4.78 is 10.1. The molecule has 16 heavy (non-hydrogen) atoms. The van der Waals surface area contributed by atoms with Crippen molar-refractivity contribution >= 4 is 5.82 Å². The molecule has 1 aromatic rings. The van der Waals surface area contributed by atoms with Gasteiger partial charge >= 0.3 is 0 Å². The third-order valence-electron chi connectivity index (χ3n) is 2.23. The number of pyridine rings is 1. The Bertz CT molecular complexity index is 383. The zero-order chi connectivity index (χ0) is 12.0. The van der Waals surface area contributed by atoms with Crippen molar-refractivity contribution < 1.29 is 9.47 Å².